The lowest BCUT2D eigenvalue weighted by Crippen LogP contribution is -2.30. The summed E-state index contributed by atoms with van der Waals surface area (Å²) in [5.74, 6) is -0.0347. The van der Waals surface area contributed by atoms with Gasteiger partial charge in [0, 0.05) is 9.94 Å². The zero-order valence-electron chi connectivity index (χ0n) is 5.83. The van der Waals surface area contributed by atoms with E-state index in [2.05, 4.69) is 31.9 Å². The van der Waals surface area contributed by atoms with Gasteiger partial charge in [-0.05, 0) is 28.1 Å². The minimum atomic E-state index is -1.59. The molecule has 0 bridgehead atoms. The molecule has 1 aromatic carbocycles. The topological polar surface area (TPSA) is 60.7 Å². The number of phenols is 1. The Bertz CT molecular complexity index is 303. The van der Waals surface area contributed by atoms with E-state index in [0.717, 1.165) is 0 Å². The van der Waals surface area contributed by atoms with Crippen molar-refractivity contribution in [2.45, 2.75) is 0 Å². The lowest BCUT2D eigenvalue weighted by Gasteiger charge is -2.05. The molecule has 0 heterocycles. The third kappa shape index (κ3) is 2.01. The predicted octanol–water partition coefficient (Wildman–Crippen LogP) is 0.597. The molecule has 1 aromatic rings. The van der Waals surface area contributed by atoms with E-state index < -0.39 is 7.12 Å². The van der Waals surface area contributed by atoms with Gasteiger partial charge in [-0.15, -0.1) is 0 Å². The fourth-order valence-corrected chi connectivity index (χ4v) is 1.68. The summed E-state index contributed by atoms with van der Waals surface area (Å²) in [5.41, 5.74) is 0.224. The van der Waals surface area contributed by atoms with E-state index in [9.17, 15) is 5.11 Å². The molecule has 0 saturated heterocycles. The lowest BCUT2D eigenvalue weighted by atomic mass is 9.80. The van der Waals surface area contributed by atoms with Crippen molar-refractivity contribution in [1.29, 1.82) is 0 Å². The molecule has 3 nitrogen and oxygen atoms in total. The van der Waals surface area contributed by atoms with Crippen molar-refractivity contribution < 1.29 is 15.2 Å². The van der Waals surface area contributed by atoms with Gasteiger partial charge in [0.1, 0.15) is 5.75 Å². The Balaban J connectivity index is 3.28. The van der Waals surface area contributed by atoms with Crippen LogP contribution in [-0.4, -0.2) is 22.3 Å². The Morgan fingerprint density at radius 2 is 1.75 bits per heavy atom. The second-order valence-corrected chi connectivity index (χ2v) is 3.91. The molecule has 6 heteroatoms. The lowest BCUT2D eigenvalue weighted by molar-refractivity contribution is 0.424. The van der Waals surface area contributed by atoms with Crippen LogP contribution in [0.4, 0.5) is 0 Å². The Hall–Kier alpha value is -0.0351. The Kier molecular flexibility index (Phi) is 3.17. The molecule has 12 heavy (non-hydrogen) atoms. The summed E-state index contributed by atoms with van der Waals surface area (Å²) in [5, 5.41) is 26.9. The first-order valence-electron chi connectivity index (χ1n) is 3.06. The number of hydrogen-bond acceptors (Lipinski definition) is 3. The van der Waals surface area contributed by atoms with Crippen LogP contribution in [0, 0.1) is 0 Å². The van der Waals surface area contributed by atoms with Gasteiger partial charge in [0.25, 0.3) is 0 Å². The first-order chi connectivity index (χ1) is 5.52. The fourth-order valence-electron chi connectivity index (χ4n) is 0.783. The highest BCUT2D eigenvalue weighted by Crippen LogP contribution is 2.25. The number of benzene rings is 1. The van der Waals surface area contributed by atoms with Crippen LogP contribution >= 0.6 is 31.9 Å². The third-order valence-corrected chi connectivity index (χ3v) is 2.65. The van der Waals surface area contributed by atoms with Crippen LogP contribution in [0.1, 0.15) is 0 Å². The largest absolute Gasteiger partial charge is 0.507 e. The van der Waals surface area contributed by atoms with Crippen LogP contribution in [0.15, 0.2) is 21.1 Å². The molecule has 0 radical (unpaired) electrons. The van der Waals surface area contributed by atoms with Gasteiger partial charge in [-0.1, -0.05) is 15.9 Å². The average molecular weight is 296 g/mol. The number of hydrogen-bond donors (Lipinski definition) is 3. The molecule has 0 aromatic heterocycles. The molecule has 3 N–H and O–H groups in total. The van der Waals surface area contributed by atoms with E-state index in [-0.39, 0.29) is 11.2 Å². The van der Waals surface area contributed by atoms with E-state index in [4.69, 9.17) is 10.0 Å². The molecule has 0 aliphatic carbocycles. The van der Waals surface area contributed by atoms with Gasteiger partial charge >= 0.3 is 7.12 Å². The van der Waals surface area contributed by atoms with Crippen molar-refractivity contribution in [2.75, 3.05) is 0 Å². The predicted molar refractivity (Wildman–Crippen MR) is 53.3 cm³/mol. The molecule has 64 valence electrons. The van der Waals surface area contributed by atoms with Crippen LogP contribution in [0.2, 0.25) is 0 Å². The van der Waals surface area contributed by atoms with Gasteiger partial charge in [0.05, 0.1) is 4.47 Å². The molecule has 0 amide bonds. The van der Waals surface area contributed by atoms with Crippen LogP contribution < -0.4 is 5.46 Å². The summed E-state index contributed by atoms with van der Waals surface area (Å²) >= 11 is 6.14. The summed E-state index contributed by atoms with van der Waals surface area (Å²) in [7, 11) is -1.59. The highest BCUT2D eigenvalue weighted by Gasteiger charge is 2.17. The van der Waals surface area contributed by atoms with Gasteiger partial charge in [0.15, 0.2) is 0 Å². The molecule has 0 aliphatic rings. The summed E-state index contributed by atoms with van der Waals surface area (Å²) in [6.07, 6.45) is 0. The molecular formula is C6H5BBr2O3. The monoisotopic (exact) mass is 294 g/mol. The highest BCUT2D eigenvalue weighted by molar-refractivity contribution is 9.11. The van der Waals surface area contributed by atoms with Gasteiger partial charge in [-0.2, -0.15) is 0 Å². The Morgan fingerprint density at radius 3 is 2.25 bits per heavy atom. The summed E-state index contributed by atoms with van der Waals surface area (Å²) in [4.78, 5) is 0. The Morgan fingerprint density at radius 1 is 1.17 bits per heavy atom. The summed E-state index contributed by atoms with van der Waals surface area (Å²) < 4.78 is 0.881. The quantitative estimate of drug-likeness (QED) is 0.665. The molecular weight excluding hydrogens is 291 g/mol. The zero-order chi connectivity index (χ0) is 9.30. The van der Waals surface area contributed by atoms with Crippen LogP contribution in [-0.2, 0) is 0 Å². The highest BCUT2D eigenvalue weighted by atomic mass is 79.9. The van der Waals surface area contributed by atoms with Gasteiger partial charge in [-0.3, -0.25) is 0 Å². The van der Waals surface area contributed by atoms with E-state index in [0.29, 0.717) is 8.95 Å². The maximum absolute atomic E-state index is 9.23. The number of halogens is 2. The Labute approximate surface area is 86.4 Å². The minimum Gasteiger partial charge on any atom is -0.507 e. The fraction of sp³-hybridized carbons (Fsp3) is 0. The second-order valence-electron chi connectivity index (χ2n) is 2.20. The maximum atomic E-state index is 9.23. The van der Waals surface area contributed by atoms with E-state index in [1.54, 1.807) is 0 Å². The first kappa shape index (κ1) is 10.0. The molecule has 0 atom stereocenters. The van der Waals surface area contributed by atoms with Crippen molar-refractivity contribution in [2.24, 2.45) is 0 Å². The van der Waals surface area contributed by atoms with Crippen molar-refractivity contribution >= 4 is 44.4 Å². The second kappa shape index (κ2) is 3.78. The van der Waals surface area contributed by atoms with E-state index in [1.165, 1.54) is 12.1 Å². The van der Waals surface area contributed by atoms with Gasteiger partial charge < -0.3 is 15.2 Å². The van der Waals surface area contributed by atoms with E-state index in [1.807, 2.05) is 0 Å². The molecule has 0 spiro atoms. The van der Waals surface area contributed by atoms with Crippen LogP contribution in [0.3, 0.4) is 0 Å². The molecule has 0 unspecified atom stereocenters. The minimum absolute atomic E-state index is 0.0347. The average Bonchev–Trinajstić information content (AvgIpc) is 1.96. The maximum Gasteiger partial charge on any atom is 0.489 e. The number of aromatic hydroxyl groups is 1. The molecule has 0 aliphatic heterocycles. The van der Waals surface area contributed by atoms with Crippen molar-refractivity contribution in [3.8, 4) is 5.75 Å². The molecule has 1 rings (SSSR count). The van der Waals surface area contributed by atoms with Gasteiger partial charge in [0.2, 0.25) is 0 Å². The van der Waals surface area contributed by atoms with Crippen LogP contribution in [0.25, 0.3) is 0 Å². The summed E-state index contributed by atoms with van der Waals surface area (Å²) in [6, 6.07) is 2.96. The summed E-state index contributed by atoms with van der Waals surface area (Å²) in [6.45, 7) is 0. The van der Waals surface area contributed by atoms with Crippen molar-refractivity contribution in [3.63, 3.8) is 0 Å². The van der Waals surface area contributed by atoms with Crippen LogP contribution in [0.5, 0.6) is 5.75 Å². The van der Waals surface area contributed by atoms with Crippen molar-refractivity contribution in [3.05, 3.63) is 21.1 Å². The smallest absolute Gasteiger partial charge is 0.489 e. The molecule has 0 saturated carbocycles. The third-order valence-electron chi connectivity index (χ3n) is 1.32. The zero-order valence-corrected chi connectivity index (χ0v) is 9.00. The standard InChI is InChI=1S/C6H5BBr2O3/c8-3-1-4(7(11)12)6(9)5(10)2-3/h1-2,10-12H. The van der Waals surface area contributed by atoms with E-state index >= 15 is 0 Å². The molecule has 0 fully saturated rings. The number of phenolic OH excluding ortho intramolecular Hbond substituents is 1. The van der Waals surface area contributed by atoms with Crippen molar-refractivity contribution in [1.82, 2.24) is 0 Å². The first-order valence-corrected chi connectivity index (χ1v) is 4.65. The number of rotatable bonds is 1. The van der Waals surface area contributed by atoms with Gasteiger partial charge in [-0.25, -0.2) is 0 Å². The SMILES string of the molecule is OB(O)c1cc(Br)cc(O)c1Br. The normalized spacial score (nSPS) is 10.0.